The number of fused-ring (bicyclic) bond motifs is 15. The summed E-state index contributed by atoms with van der Waals surface area (Å²) in [6, 6.07) is 72.8. The lowest BCUT2D eigenvalue weighted by Gasteiger charge is -2.19. The van der Waals surface area contributed by atoms with Gasteiger partial charge in [-0.1, -0.05) is 95.3 Å². The molecule has 0 N–H and O–H groups in total. The second-order valence-corrected chi connectivity index (χ2v) is 32.0. The van der Waals surface area contributed by atoms with E-state index in [0.717, 1.165) is 100 Å². The van der Waals surface area contributed by atoms with Crippen molar-refractivity contribution in [2.75, 3.05) is 0 Å². The smallest absolute Gasteiger partial charge is 0.215 e. The average Bonchev–Trinajstić information content (AvgIpc) is 1.56. The predicted molar refractivity (Wildman–Crippen MR) is 472 cm³/mol. The summed E-state index contributed by atoms with van der Waals surface area (Å²) >= 11 is 0. The number of hydrogen-bond donors (Lipinski definition) is 0. The molecule has 0 saturated carbocycles. The molecular weight excluding hydrogens is 1420 g/mol. The van der Waals surface area contributed by atoms with Gasteiger partial charge in [-0.15, -0.1) is 0 Å². The highest BCUT2D eigenvalue weighted by Gasteiger charge is 2.27. The third kappa shape index (κ3) is 14.6. The first kappa shape index (κ1) is 70.5. The maximum atomic E-state index is 8.88. The summed E-state index contributed by atoms with van der Waals surface area (Å²) in [6.45, 7) is 22.3. The van der Waals surface area contributed by atoms with Crippen molar-refractivity contribution >= 4 is 83.4 Å². The molecule has 576 valence electrons. The second kappa shape index (κ2) is 31.2. The van der Waals surface area contributed by atoms with Gasteiger partial charge >= 0.3 is 0 Å². The van der Waals surface area contributed by atoms with Gasteiger partial charge in [-0.25, -0.2) is 47.8 Å². The lowest BCUT2D eigenvalue weighted by Crippen LogP contribution is -2.32. The van der Waals surface area contributed by atoms with Crippen molar-refractivity contribution in [1.82, 2.24) is 46.9 Å². The molecule has 0 aliphatic heterocycles. The highest BCUT2D eigenvalue weighted by molar-refractivity contribution is 5.99. The lowest BCUT2D eigenvalue weighted by atomic mass is 9.86. The van der Waals surface area contributed by atoms with Crippen LogP contribution in [-0.4, -0.2) is 46.9 Å². The number of imidazole rings is 5. The minimum absolute atomic E-state index is 0.0339. The summed E-state index contributed by atoms with van der Waals surface area (Å²) in [5, 5.41) is 0. The quantitative estimate of drug-likeness (QED) is 0.148. The van der Waals surface area contributed by atoms with E-state index in [0.29, 0.717) is 5.92 Å². The number of benzene rings is 5. The molecule has 20 aromatic rings. The molecule has 0 unspecified atom stereocenters. The van der Waals surface area contributed by atoms with Crippen LogP contribution in [0.1, 0.15) is 103 Å². The molecule has 20 rings (SSSR count). The van der Waals surface area contributed by atoms with Crippen LogP contribution < -0.4 is 22.8 Å². The van der Waals surface area contributed by atoms with Crippen LogP contribution in [0.3, 0.4) is 0 Å². The number of hydrogen-bond acceptors (Lipinski definition) is 5. The Bertz CT molecular complexity index is 7440. The lowest BCUT2D eigenvalue weighted by molar-refractivity contribution is -0.660. The zero-order chi connectivity index (χ0) is 85.4. The van der Waals surface area contributed by atoms with Crippen molar-refractivity contribution in [1.29, 1.82) is 0 Å². The van der Waals surface area contributed by atoms with Gasteiger partial charge in [0.05, 0.1) is 60.9 Å². The van der Waals surface area contributed by atoms with Gasteiger partial charge in [0.25, 0.3) is 0 Å². The normalized spacial score (nSPS) is 12.5. The summed E-state index contributed by atoms with van der Waals surface area (Å²) in [5.41, 5.74) is 36.0. The first-order chi connectivity index (χ1) is 57.8. The summed E-state index contributed by atoms with van der Waals surface area (Å²) < 4.78 is 63.0. The fraction of sp³-hybridized carbons (Fsp3) is 0.208. The molecule has 0 atom stereocenters. The van der Waals surface area contributed by atoms with Crippen LogP contribution >= 0.6 is 0 Å². The van der Waals surface area contributed by atoms with Crippen molar-refractivity contribution < 1.29 is 29.7 Å². The zero-order valence-electron chi connectivity index (χ0n) is 74.3. The van der Waals surface area contributed by atoms with E-state index in [-0.39, 0.29) is 11.1 Å². The minimum atomic E-state index is -2.44. The molecule has 0 saturated heterocycles. The van der Waals surface area contributed by atoms with Crippen LogP contribution in [0.4, 0.5) is 0 Å². The standard InChI is InChI=1S/C24H28N3.C21H22N3.2C19H18N3.C18H16N3/c1-16-10-11-19-23(27-12-8-7-9-21(27)25-19)22(16)20-13-18(14-24(3,4)5)17(2)15-26(20)6;1-14(2)16-10-12-23(4)18(13-16)20-15(3)8-9-17-21(20)22-19-7-5-6-11-24(17)19;1-13-7-9-15(21(3)12-13)18-14(2)8-10-16-19(18)20-17-6-4-5-11-22(16)17;1-13-9-11-21(3)16(12-13)18-14(2)7-8-15-19(18)20-17-6-4-5-10-22(15)17;1-13-9-10-15-18(19-16-8-4-6-12-21(15)16)17(13)14-7-3-5-11-20(14)2/h7-13,15H,14H2,1-6H3;5-14H,1-4H3;2*4-12H,1-3H3;3-12H,1-2H3/q5*+1/i2D3,14D2;;;;. The monoisotopic (exact) mass is 1530 g/mol. The Hall–Kier alpha value is -13.4. The Labute approximate surface area is 685 Å². The first-order valence-electron chi connectivity index (χ1n) is 42.1. The second-order valence-electron chi connectivity index (χ2n) is 32.0. The van der Waals surface area contributed by atoms with E-state index in [2.05, 4.69) is 278 Å². The Kier molecular flexibility index (Phi) is 18.9. The van der Waals surface area contributed by atoms with Crippen LogP contribution in [0.5, 0.6) is 0 Å². The Morgan fingerprint density at radius 3 is 1.18 bits per heavy atom. The van der Waals surface area contributed by atoms with Crippen molar-refractivity contribution in [3.05, 3.63) is 330 Å². The van der Waals surface area contributed by atoms with E-state index in [4.69, 9.17) is 31.8 Å². The molecule has 0 spiro atoms. The van der Waals surface area contributed by atoms with E-state index < -0.39 is 18.6 Å². The molecule has 116 heavy (non-hydrogen) atoms. The van der Waals surface area contributed by atoms with Gasteiger partial charge in [-0.2, -0.15) is 0 Å². The van der Waals surface area contributed by atoms with E-state index >= 15 is 0 Å². The van der Waals surface area contributed by atoms with Crippen LogP contribution in [0.25, 0.3) is 140 Å². The molecule has 0 aliphatic carbocycles. The SMILES string of the molecule is Cc1cc[n+](C)c(-c2c(C)ccc3c2nc2ccccn23)c1.Cc1ccc(-c2c(C)ccc3c2nc2ccccn23)[n+](C)c1.Cc1ccc2c(nc3ccccn32)c1-c1cc(C(C)C)cc[n+]1C.Cc1ccc2c(nc3ccccn32)c1-c1cccc[n+]1C.[2H]C([2H])([2H])c1c[n+](C)c(-c2c(C)ccc3nc4ccccn4c23)cc1C([2H])([2H])C(C)(C)C. The molecule has 0 amide bonds. The van der Waals surface area contributed by atoms with Gasteiger partial charge in [0, 0.05) is 97.5 Å². The fourth-order valence-corrected chi connectivity index (χ4v) is 16.1. The largest absolute Gasteiger partial charge is 0.300 e. The van der Waals surface area contributed by atoms with Gasteiger partial charge in [-0.3, -0.25) is 22.0 Å². The van der Waals surface area contributed by atoms with Crippen LogP contribution in [0.15, 0.2) is 274 Å². The molecule has 15 aromatic heterocycles. The van der Waals surface area contributed by atoms with E-state index in [9.17, 15) is 0 Å². The molecule has 15 nitrogen and oxygen atoms in total. The Morgan fingerprint density at radius 1 is 0.345 bits per heavy atom. The Morgan fingerprint density at radius 2 is 0.733 bits per heavy atom. The highest BCUT2D eigenvalue weighted by Crippen LogP contribution is 2.38. The van der Waals surface area contributed by atoms with Gasteiger partial charge in [0.15, 0.2) is 31.0 Å². The maximum Gasteiger partial charge on any atom is 0.215 e. The number of aromatic nitrogens is 15. The molecule has 15 heterocycles. The van der Waals surface area contributed by atoms with E-state index in [1.165, 1.54) is 84.0 Å². The summed E-state index contributed by atoms with van der Waals surface area (Å²) in [4.78, 5) is 24.2. The fourth-order valence-electron chi connectivity index (χ4n) is 16.1. The maximum absolute atomic E-state index is 8.88. The molecule has 0 bridgehead atoms. The van der Waals surface area contributed by atoms with Gasteiger partial charge in [0.2, 0.25) is 28.5 Å². The number of pyridine rings is 10. The van der Waals surface area contributed by atoms with Crippen LogP contribution in [0, 0.1) is 60.7 Å². The third-order valence-corrected chi connectivity index (χ3v) is 22.0. The molecule has 5 aromatic carbocycles. The van der Waals surface area contributed by atoms with Crippen LogP contribution in [-0.2, 0) is 41.6 Å². The predicted octanol–water partition coefficient (Wildman–Crippen LogP) is 20.1. The topological polar surface area (TPSA) is 106 Å². The molecular formula is C101H102N15+5. The van der Waals surface area contributed by atoms with Gasteiger partial charge in [0.1, 0.15) is 85.5 Å². The number of rotatable bonds is 7. The number of nitrogens with zero attached hydrogens (tertiary/aromatic N) is 15. The summed E-state index contributed by atoms with van der Waals surface area (Å²) in [6.07, 6.45) is 18.4. The third-order valence-electron chi connectivity index (χ3n) is 22.0. The van der Waals surface area contributed by atoms with E-state index in [1.54, 1.807) is 37.6 Å². The Balaban J connectivity index is 0.000000113. The highest BCUT2D eigenvalue weighted by atomic mass is 15.1. The van der Waals surface area contributed by atoms with E-state index in [1.807, 2.05) is 122 Å². The molecule has 15 heteroatoms. The van der Waals surface area contributed by atoms with Crippen molar-refractivity contribution in [2.45, 2.75) is 102 Å². The van der Waals surface area contributed by atoms with Crippen molar-refractivity contribution in [3.8, 4) is 56.3 Å². The summed E-state index contributed by atoms with van der Waals surface area (Å²) in [5.74, 6) is 0.505. The minimum Gasteiger partial charge on any atom is -0.300 e. The first-order valence-corrected chi connectivity index (χ1v) is 39.6. The van der Waals surface area contributed by atoms with Gasteiger partial charge in [-0.05, 0) is 221 Å². The van der Waals surface area contributed by atoms with Crippen molar-refractivity contribution in [3.63, 3.8) is 0 Å². The van der Waals surface area contributed by atoms with Gasteiger partial charge < -0.3 is 0 Å². The molecule has 0 radical (unpaired) electrons. The molecule has 0 aliphatic rings. The number of aryl methyl sites for hydroxylation is 13. The average molecular weight is 1530 g/mol. The summed E-state index contributed by atoms with van der Waals surface area (Å²) in [7, 11) is 10.2. The molecule has 0 fully saturated rings. The van der Waals surface area contributed by atoms with Crippen LogP contribution in [0.2, 0.25) is 0 Å². The van der Waals surface area contributed by atoms with Crippen molar-refractivity contribution in [2.24, 2.45) is 40.7 Å². The zero-order valence-corrected chi connectivity index (χ0v) is 69.3.